The van der Waals surface area contributed by atoms with Crippen LogP contribution in [0.1, 0.15) is 13.3 Å². The number of benzene rings is 1. The molecular formula is C15H20Cl2FN3O2S. The van der Waals surface area contributed by atoms with E-state index < -0.39 is 15.8 Å². The largest absolute Gasteiger partial charge is 0.315 e. The van der Waals surface area contributed by atoms with Crippen LogP contribution in [0.25, 0.3) is 10.8 Å². The second-order valence-corrected chi connectivity index (χ2v) is 7.39. The Morgan fingerprint density at radius 1 is 1.29 bits per heavy atom. The van der Waals surface area contributed by atoms with Crippen molar-refractivity contribution in [3.8, 4) is 0 Å². The van der Waals surface area contributed by atoms with Crippen molar-refractivity contribution in [3.63, 3.8) is 0 Å². The predicted molar refractivity (Wildman–Crippen MR) is 97.0 cm³/mol. The van der Waals surface area contributed by atoms with Crippen LogP contribution in [0.15, 0.2) is 35.5 Å². The van der Waals surface area contributed by atoms with Gasteiger partial charge in [0.2, 0.25) is 10.0 Å². The van der Waals surface area contributed by atoms with Crippen LogP contribution >= 0.6 is 24.8 Å². The number of sulfonamides is 1. The molecule has 0 radical (unpaired) electrons. The Morgan fingerprint density at radius 2 is 2.04 bits per heavy atom. The quantitative estimate of drug-likeness (QED) is 0.848. The van der Waals surface area contributed by atoms with E-state index >= 15 is 0 Å². The van der Waals surface area contributed by atoms with Crippen LogP contribution < -0.4 is 5.32 Å². The zero-order valence-corrected chi connectivity index (χ0v) is 15.6. The molecular weight excluding hydrogens is 376 g/mol. The van der Waals surface area contributed by atoms with Crippen LogP contribution in [0.2, 0.25) is 0 Å². The van der Waals surface area contributed by atoms with E-state index in [9.17, 15) is 12.8 Å². The number of hydrogen-bond acceptors (Lipinski definition) is 4. The standard InChI is InChI=1S/C15H18FN3O2S.2ClH/c1-11-9-17-4-2-6-19(11)22(20,21)15-8-12-3-5-18-10-13(12)7-14(15)16;;/h3,5,7-8,10-11,17H,2,4,6,9H2,1H3;2*1H. The molecule has 1 aromatic heterocycles. The number of nitrogens with zero attached hydrogens (tertiary/aromatic N) is 2. The molecule has 1 aromatic carbocycles. The van der Waals surface area contributed by atoms with Gasteiger partial charge in [0.05, 0.1) is 0 Å². The number of hydrogen-bond donors (Lipinski definition) is 1. The molecule has 0 spiro atoms. The van der Waals surface area contributed by atoms with Crippen molar-refractivity contribution >= 4 is 45.6 Å². The fraction of sp³-hybridized carbons (Fsp3) is 0.400. The van der Waals surface area contributed by atoms with Gasteiger partial charge in [0.1, 0.15) is 10.7 Å². The zero-order chi connectivity index (χ0) is 15.7. The highest BCUT2D eigenvalue weighted by Crippen LogP contribution is 2.26. The number of rotatable bonds is 2. The second kappa shape index (κ2) is 8.40. The summed E-state index contributed by atoms with van der Waals surface area (Å²) in [5, 5.41) is 4.44. The summed E-state index contributed by atoms with van der Waals surface area (Å²) < 4.78 is 41.5. The summed E-state index contributed by atoms with van der Waals surface area (Å²) in [4.78, 5) is 3.66. The second-order valence-electron chi connectivity index (χ2n) is 5.53. The molecule has 2 heterocycles. The van der Waals surface area contributed by atoms with E-state index in [1.165, 1.54) is 22.6 Å². The van der Waals surface area contributed by atoms with Crippen LogP contribution in [0.3, 0.4) is 0 Å². The molecule has 1 N–H and O–H groups in total. The van der Waals surface area contributed by atoms with Crippen molar-refractivity contribution < 1.29 is 12.8 Å². The molecule has 2 aromatic rings. The Hall–Kier alpha value is -0.990. The maximum Gasteiger partial charge on any atom is 0.246 e. The minimum atomic E-state index is -3.86. The lowest BCUT2D eigenvalue weighted by Crippen LogP contribution is -2.41. The van der Waals surface area contributed by atoms with Crippen molar-refractivity contribution in [2.75, 3.05) is 19.6 Å². The van der Waals surface area contributed by atoms with E-state index in [4.69, 9.17) is 0 Å². The fourth-order valence-corrected chi connectivity index (χ4v) is 4.51. The van der Waals surface area contributed by atoms with E-state index in [1.807, 2.05) is 6.92 Å². The summed E-state index contributed by atoms with van der Waals surface area (Å²) in [5.74, 6) is -0.732. The van der Waals surface area contributed by atoms with Gasteiger partial charge in [0, 0.05) is 36.9 Å². The average Bonchev–Trinajstić information content (AvgIpc) is 2.71. The van der Waals surface area contributed by atoms with E-state index in [0.717, 1.165) is 6.54 Å². The number of fused-ring (bicyclic) bond motifs is 1. The van der Waals surface area contributed by atoms with Gasteiger partial charge in [-0.1, -0.05) is 0 Å². The Labute approximate surface area is 153 Å². The highest BCUT2D eigenvalue weighted by molar-refractivity contribution is 7.89. The van der Waals surface area contributed by atoms with Crippen LogP contribution in [0, 0.1) is 5.82 Å². The normalized spacial score (nSPS) is 19.2. The Morgan fingerprint density at radius 3 is 2.79 bits per heavy atom. The van der Waals surface area contributed by atoms with Gasteiger partial charge in [-0.25, -0.2) is 12.8 Å². The van der Waals surface area contributed by atoms with Crippen LogP contribution in [0.4, 0.5) is 4.39 Å². The maximum atomic E-state index is 14.3. The molecule has 0 bridgehead atoms. The number of aromatic nitrogens is 1. The lowest BCUT2D eigenvalue weighted by molar-refractivity contribution is 0.351. The summed E-state index contributed by atoms with van der Waals surface area (Å²) >= 11 is 0. The van der Waals surface area contributed by atoms with Crippen LogP contribution in [-0.2, 0) is 10.0 Å². The summed E-state index contributed by atoms with van der Waals surface area (Å²) in [5.41, 5.74) is 0. The van der Waals surface area contributed by atoms with Crippen LogP contribution in [0.5, 0.6) is 0 Å². The highest BCUT2D eigenvalue weighted by Gasteiger charge is 2.32. The van der Waals surface area contributed by atoms with Gasteiger partial charge in [-0.3, -0.25) is 4.98 Å². The Balaban J connectivity index is 0.00000144. The molecule has 0 saturated carbocycles. The molecule has 24 heavy (non-hydrogen) atoms. The summed E-state index contributed by atoms with van der Waals surface area (Å²) in [6.07, 6.45) is 3.80. The van der Waals surface area contributed by atoms with Gasteiger partial charge in [0.15, 0.2) is 0 Å². The molecule has 9 heteroatoms. The number of halogens is 3. The first-order valence-electron chi connectivity index (χ1n) is 7.26. The average molecular weight is 396 g/mol. The topological polar surface area (TPSA) is 62.3 Å². The highest BCUT2D eigenvalue weighted by atomic mass is 35.5. The third kappa shape index (κ3) is 3.97. The lowest BCUT2D eigenvalue weighted by Gasteiger charge is -2.26. The maximum absolute atomic E-state index is 14.3. The van der Waals surface area contributed by atoms with E-state index in [0.29, 0.717) is 30.3 Å². The molecule has 5 nitrogen and oxygen atoms in total. The molecule has 1 aliphatic rings. The third-order valence-electron chi connectivity index (χ3n) is 3.94. The molecule has 3 rings (SSSR count). The van der Waals surface area contributed by atoms with Crippen molar-refractivity contribution in [2.45, 2.75) is 24.3 Å². The van der Waals surface area contributed by atoms with Crippen molar-refractivity contribution in [1.82, 2.24) is 14.6 Å². The first-order chi connectivity index (χ1) is 10.5. The molecule has 134 valence electrons. The Bertz CT molecular complexity index is 804. The van der Waals surface area contributed by atoms with Gasteiger partial charge in [-0.05, 0) is 43.5 Å². The minimum Gasteiger partial charge on any atom is -0.315 e. The molecule has 1 fully saturated rings. The third-order valence-corrected chi connectivity index (χ3v) is 5.97. The first kappa shape index (κ1) is 21.1. The zero-order valence-electron chi connectivity index (χ0n) is 13.1. The number of nitrogens with one attached hydrogen (secondary N) is 1. The van der Waals surface area contributed by atoms with Crippen molar-refractivity contribution in [2.24, 2.45) is 0 Å². The molecule has 1 atom stereocenters. The van der Waals surface area contributed by atoms with Crippen molar-refractivity contribution in [1.29, 1.82) is 0 Å². The summed E-state index contributed by atoms with van der Waals surface area (Å²) in [6, 6.07) is 4.10. The van der Waals surface area contributed by atoms with Crippen LogP contribution in [-0.4, -0.2) is 43.4 Å². The number of pyridine rings is 1. The van der Waals surface area contributed by atoms with Gasteiger partial charge < -0.3 is 5.32 Å². The van der Waals surface area contributed by atoms with Gasteiger partial charge >= 0.3 is 0 Å². The SMILES string of the molecule is CC1CNCCCN1S(=O)(=O)c1cc2ccncc2cc1F.Cl.Cl. The molecule has 0 amide bonds. The van der Waals surface area contributed by atoms with Gasteiger partial charge in [-0.15, -0.1) is 24.8 Å². The van der Waals surface area contributed by atoms with Gasteiger partial charge in [-0.2, -0.15) is 4.31 Å². The lowest BCUT2D eigenvalue weighted by atomic mass is 10.2. The minimum absolute atomic E-state index is 0. The van der Waals surface area contributed by atoms with E-state index in [2.05, 4.69) is 10.3 Å². The molecule has 0 aliphatic carbocycles. The Kier molecular flexibility index (Phi) is 7.37. The fourth-order valence-electron chi connectivity index (χ4n) is 2.76. The van der Waals surface area contributed by atoms with Gasteiger partial charge in [0.25, 0.3) is 0 Å². The summed E-state index contributed by atoms with van der Waals surface area (Å²) in [7, 11) is -3.86. The summed E-state index contributed by atoms with van der Waals surface area (Å²) in [6.45, 7) is 3.56. The molecule has 1 aliphatic heterocycles. The monoisotopic (exact) mass is 395 g/mol. The first-order valence-corrected chi connectivity index (χ1v) is 8.70. The predicted octanol–water partition coefficient (Wildman–Crippen LogP) is 2.59. The molecule has 1 saturated heterocycles. The van der Waals surface area contributed by atoms with E-state index in [-0.39, 0.29) is 35.8 Å². The van der Waals surface area contributed by atoms with E-state index in [1.54, 1.807) is 12.3 Å². The van der Waals surface area contributed by atoms with Crippen molar-refractivity contribution in [3.05, 3.63) is 36.4 Å². The smallest absolute Gasteiger partial charge is 0.246 e. The molecule has 1 unspecified atom stereocenters.